The summed E-state index contributed by atoms with van der Waals surface area (Å²) < 4.78 is 2.05. The van der Waals surface area contributed by atoms with Crippen molar-refractivity contribution in [3.63, 3.8) is 0 Å². The second-order valence-corrected chi connectivity index (χ2v) is 3.57. The highest BCUT2D eigenvalue weighted by Crippen LogP contribution is 2.22. The first-order chi connectivity index (χ1) is 7.24. The molecule has 0 spiro atoms. The molecule has 0 aliphatic rings. The van der Waals surface area contributed by atoms with Gasteiger partial charge in [0.05, 0.1) is 18.0 Å². The average Bonchev–Trinajstić information content (AvgIpc) is 2.57. The number of aliphatic hydroxyl groups is 1. The van der Waals surface area contributed by atoms with Crippen molar-refractivity contribution in [2.24, 2.45) is 7.05 Å². The van der Waals surface area contributed by atoms with E-state index in [4.69, 9.17) is 5.11 Å². The van der Waals surface area contributed by atoms with E-state index in [-0.39, 0.29) is 6.61 Å². The summed E-state index contributed by atoms with van der Waals surface area (Å²) in [4.78, 5) is 4.30. The predicted molar refractivity (Wildman–Crippen MR) is 59.3 cm³/mol. The van der Waals surface area contributed by atoms with Crippen molar-refractivity contribution in [2.75, 3.05) is 0 Å². The Morgan fingerprint density at radius 3 is 2.73 bits per heavy atom. The van der Waals surface area contributed by atoms with Crippen LogP contribution in [0.25, 0.3) is 11.4 Å². The van der Waals surface area contributed by atoms with Gasteiger partial charge in [-0.2, -0.15) is 0 Å². The van der Waals surface area contributed by atoms with Gasteiger partial charge in [0.25, 0.3) is 0 Å². The van der Waals surface area contributed by atoms with Crippen LogP contribution >= 0.6 is 0 Å². The van der Waals surface area contributed by atoms with Gasteiger partial charge in [-0.1, -0.05) is 6.07 Å². The van der Waals surface area contributed by atoms with Crippen molar-refractivity contribution >= 4 is 0 Å². The fourth-order valence-corrected chi connectivity index (χ4v) is 1.68. The molecule has 0 amide bonds. The van der Waals surface area contributed by atoms with E-state index in [1.54, 1.807) is 6.20 Å². The number of hydrogen-bond donors (Lipinski definition) is 1. The Morgan fingerprint density at radius 1 is 1.40 bits per heavy atom. The second kappa shape index (κ2) is 3.87. The van der Waals surface area contributed by atoms with E-state index >= 15 is 0 Å². The van der Waals surface area contributed by atoms with E-state index in [0.29, 0.717) is 0 Å². The van der Waals surface area contributed by atoms with Gasteiger partial charge < -0.3 is 9.67 Å². The van der Waals surface area contributed by atoms with Crippen LogP contribution in [0.5, 0.6) is 0 Å². The van der Waals surface area contributed by atoms with Gasteiger partial charge in [0.1, 0.15) is 0 Å². The van der Waals surface area contributed by atoms with Crippen LogP contribution in [0.2, 0.25) is 0 Å². The number of hydrogen-bond acceptors (Lipinski definition) is 2. The molecule has 0 radical (unpaired) electrons. The standard InChI is InChI=1S/C12H14N2O/c1-9-10(8-15)7-12(14(9)2)11-5-3-4-6-13-11/h3-7,15H,8H2,1-2H3. The summed E-state index contributed by atoms with van der Waals surface area (Å²) in [5.74, 6) is 0. The van der Waals surface area contributed by atoms with Crippen LogP contribution < -0.4 is 0 Å². The summed E-state index contributed by atoms with van der Waals surface area (Å²) in [5, 5.41) is 9.17. The van der Waals surface area contributed by atoms with Crippen LogP contribution in [0.1, 0.15) is 11.3 Å². The van der Waals surface area contributed by atoms with Gasteiger partial charge in [-0.15, -0.1) is 0 Å². The van der Waals surface area contributed by atoms with Crippen LogP contribution in [-0.2, 0) is 13.7 Å². The number of rotatable bonds is 2. The molecule has 2 aromatic rings. The lowest BCUT2D eigenvalue weighted by atomic mass is 10.2. The maximum atomic E-state index is 9.17. The number of aromatic nitrogens is 2. The average molecular weight is 202 g/mol. The van der Waals surface area contributed by atoms with E-state index in [1.165, 1.54) is 0 Å². The van der Waals surface area contributed by atoms with E-state index in [2.05, 4.69) is 4.98 Å². The zero-order chi connectivity index (χ0) is 10.8. The van der Waals surface area contributed by atoms with E-state index < -0.39 is 0 Å². The van der Waals surface area contributed by atoms with E-state index in [9.17, 15) is 0 Å². The number of nitrogens with zero attached hydrogens (tertiary/aromatic N) is 2. The van der Waals surface area contributed by atoms with Crippen molar-refractivity contribution in [3.8, 4) is 11.4 Å². The molecule has 0 bridgehead atoms. The topological polar surface area (TPSA) is 38.1 Å². The van der Waals surface area contributed by atoms with Crippen molar-refractivity contribution in [3.05, 3.63) is 41.7 Å². The number of pyridine rings is 1. The summed E-state index contributed by atoms with van der Waals surface area (Å²) in [6, 6.07) is 7.81. The Morgan fingerprint density at radius 2 is 2.20 bits per heavy atom. The van der Waals surface area contributed by atoms with Gasteiger partial charge in [0, 0.05) is 18.9 Å². The maximum absolute atomic E-state index is 9.17. The summed E-state index contributed by atoms with van der Waals surface area (Å²) in [5.41, 5.74) is 4.01. The van der Waals surface area contributed by atoms with Gasteiger partial charge in [-0.3, -0.25) is 4.98 Å². The lowest BCUT2D eigenvalue weighted by molar-refractivity contribution is 0.281. The molecule has 2 heterocycles. The van der Waals surface area contributed by atoms with Gasteiger partial charge in [0.15, 0.2) is 0 Å². The molecule has 3 nitrogen and oxygen atoms in total. The van der Waals surface area contributed by atoms with Crippen LogP contribution in [0, 0.1) is 6.92 Å². The van der Waals surface area contributed by atoms with Crippen molar-refractivity contribution in [2.45, 2.75) is 13.5 Å². The second-order valence-electron chi connectivity index (χ2n) is 3.57. The quantitative estimate of drug-likeness (QED) is 0.807. The van der Waals surface area contributed by atoms with Crippen LogP contribution in [0.4, 0.5) is 0 Å². The van der Waals surface area contributed by atoms with E-state index in [1.807, 2.05) is 42.8 Å². The smallest absolute Gasteiger partial charge is 0.0866 e. The van der Waals surface area contributed by atoms with Gasteiger partial charge >= 0.3 is 0 Å². The molecular formula is C12H14N2O. The molecule has 1 N–H and O–H groups in total. The largest absolute Gasteiger partial charge is 0.392 e. The van der Waals surface area contributed by atoms with Gasteiger partial charge in [-0.25, -0.2) is 0 Å². The maximum Gasteiger partial charge on any atom is 0.0866 e. The molecule has 15 heavy (non-hydrogen) atoms. The molecule has 0 aliphatic heterocycles. The third kappa shape index (κ3) is 1.66. The molecule has 0 fully saturated rings. The first-order valence-corrected chi connectivity index (χ1v) is 4.91. The highest BCUT2D eigenvalue weighted by atomic mass is 16.3. The molecule has 0 saturated carbocycles. The van der Waals surface area contributed by atoms with Gasteiger partial charge in [-0.05, 0) is 30.7 Å². The molecule has 3 heteroatoms. The monoisotopic (exact) mass is 202 g/mol. The summed E-state index contributed by atoms with van der Waals surface area (Å²) in [7, 11) is 1.98. The lowest BCUT2D eigenvalue weighted by Crippen LogP contribution is -1.95. The molecule has 0 saturated heterocycles. The first kappa shape index (κ1) is 9.93. The highest BCUT2D eigenvalue weighted by molar-refractivity contribution is 5.57. The van der Waals surface area contributed by atoms with Crippen molar-refractivity contribution < 1.29 is 5.11 Å². The highest BCUT2D eigenvalue weighted by Gasteiger charge is 2.09. The Kier molecular flexibility index (Phi) is 2.56. The van der Waals surface area contributed by atoms with Crippen LogP contribution in [0.15, 0.2) is 30.5 Å². The zero-order valence-electron chi connectivity index (χ0n) is 8.94. The first-order valence-electron chi connectivity index (χ1n) is 4.91. The third-order valence-corrected chi connectivity index (χ3v) is 2.74. The molecule has 2 rings (SSSR count). The molecule has 0 unspecified atom stereocenters. The minimum Gasteiger partial charge on any atom is -0.392 e. The minimum absolute atomic E-state index is 0.0759. The van der Waals surface area contributed by atoms with E-state index in [0.717, 1.165) is 22.6 Å². The Hall–Kier alpha value is -1.61. The van der Waals surface area contributed by atoms with Crippen molar-refractivity contribution in [1.82, 2.24) is 9.55 Å². The molecular weight excluding hydrogens is 188 g/mol. The summed E-state index contributed by atoms with van der Waals surface area (Å²) >= 11 is 0. The summed E-state index contributed by atoms with van der Waals surface area (Å²) in [6.07, 6.45) is 1.77. The Labute approximate surface area is 89.0 Å². The number of aliphatic hydroxyl groups excluding tert-OH is 1. The molecule has 78 valence electrons. The fraction of sp³-hybridized carbons (Fsp3) is 0.250. The molecule has 0 atom stereocenters. The van der Waals surface area contributed by atoms with Crippen molar-refractivity contribution in [1.29, 1.82) is 0 Å². The SMILES string of the molecule is Cc1c(CO)cc(-c2ccccn2)n1C. The minimum atomic E-state index is 0.0759. The van der Waals surface area contributed by atoms with Gasteiger partial charge in [0.2, 0.25) is 0 Å². The molecule has 0 aliphatic carbocycles. The molecule has 0 aromatic carbocycles. The normalized spacial score (nSPS) is 10.6. The summed E-state index contributed by atoms with van der Waals surface area (Å²) in [6.45, 7) is 2.07. The fourth-order valence-electron chi connectivity index (χ4n) is 1.68. The third-order valence-electron chi connectivity index (χ3n) is 2.74. The van der Waals surface area contributed by atoms with Crippen LogP contribution in [-0.4, -0.2) is 14.7 Å². The zero-order valence-corrected chi connectivity index (χ0v) is 8.94. The lowest BCUT2D eigenvalue weighted by Gasteiger charge is -2.03. The van der Waals surface area contributed by atoms with Crippen LogP contribution in [0.3, 0.4) is 0 Å². The predicted octanol–water partition coefficient (Wildman–Crippen LogP) is 1.89. The Balaban J connectivity index is 2.55. The molecule has 2 aromatic heterocycles. The Bertz CT molecular complexity index is 460.